The first-order chi connectivity index (χ1) is 10.6. The van der Waals surface area contributed by atoms with Crippen molar-refractivity contribution in [1.82, 2.24) is 14.8 Å². The smallest absolute Gasteiger partial charge is 0.318 e. The van der Waals surface area contributed by atoms with Crippen molar-refractivity contribution in [2.45, 2.75) is 30.8 Å². The van der Waals surface area contributed by atoms with Gasteiger partial charge in [0.05, 0.1) is 7.11 Å². The molecule has 0 aliphatic carbocycles. The van der Waals surface area contributed by atoms with Gasteiger partial charge in [-0.05, 0) is 19.9 Å². The number of hydrogen-bond donors (Lipinski definition) is 0. The molecule has 0 bridgehead atoms. The lowest BCUT2D eigenvalue weighted by molar-refractivity contribution is -0.139. The van der Waals surface area contributed by atoms with Gasteiger partial charge in [0.2, 0.25) is 0 Å². The molecule has 0 spiro atoms. The van der Waals surface area contributed by atoms with E-state index in [0.717, 1.165) is 17.0 Å². The maximum Gasteiger partial charge on any atom is 0.318 e. The average molecular weight is 317 g/mol. The van der Waals surface area contributed by atoms with Gasteiger partial charge in [-0.1, -0.05) is 41.6 Å². The maximum absolute atomic E-state index is 11.6. The fourth-order valence-corrected chi connectivity index (χ4v) is 2.92. The van der Waals surface area contributed by atoms with Crippen molar-refractivity contribution in [3.05, 3.63) is 42.5 Å². The number of esters is 1. The summed E-state index contributed by atoms with van der Waals surface area (Å²) in [5.41, 5.74) is 2.15. The Balaban J connectivity index is 2.37. The Morgan fingerprint density at radius 1 is 1.50 bits per heavy atom. The van der Waals surface area contributed by atoms with Gasteiger partial charge in [0.15, 0.2) is 11.0 Å². The molecule has 22 heavy (non-hydrogen) atoms. The van der Waals surface area contributed by atoms with Crippen LogP contribution in [0.2, 0.25) is 0 Å². The number of hydrogen-bond acceptors (Lipinski definition) is 5. The Hall–Kier alpha value is -2.08. The predicted molar refractivity (Wildman–Crippen MR) is 87.7 cm³/mol. The monoisotopic (exact) mass is 317 g/mol. The van der Waals surface area contributed by atoms with Crippen molar-refractivity contribution in [2.75, 3.05) is 7.11 Å². The summed E-state index contributed by atoms with van der Waals surface area (Å²) in [4.78, 5) is 11.6. The molecule has 0 saturated carbocycles. The minimum Gasteiger partial charge on any atom is -0.468 e. The lowest BCUT2D eigenvalue weighted by Crippen LogP contribution is -2.15. The van der Waals surface area contributed by atoms with Gasteiger partial charge in [0.1, 0.15) is 5.25 Å². The van der Waals surface area contributed by atoms with Gasteiger partial charge in [-0.15, -0.1) is 16.8 Å². The van der Waals surface area contributed by atoms with E-state index in [1.165, 1.54) is 18.9 Å². The van der Waals surface area contributed by atoms with Crippen LogP contribution in [0.5, 0.6) is 0 Å². The van der Waals surface area contributed by atoms with Crippen LogP contribution in [-0.4, -0.2) is 33.1 Å². The Bertz CT molecular complexity index is 682. The fraction of sp³-hybridized carbons (Fsp3) is 0.312. The van der Waals surface area contributed by atoms with Crippen molar-refractivity contribution in [3.63, 3.8) is 0 Å². The van der Waals surface area contributed by atoms with Gasteiger partial charge in [-0.25, -0.2) is 0 Å². The topological polar surface area (TPSA) is 57.0 Å². The van der Waals surface area contributed by atoms with E-state index < -0.39 is 0 Å². The summed E-state index contributed by atoms with van der Waals surface area (Å²) < 4.78 is 6.70. The van der Waals surface area contributed by atoms with Crippen molar-refractivity contribution < 1.29 is 9.53 Å². The average Bonchev–Trinajstić information content (AvgIpc) is 2.89. The summed E-state index contributed by atoms with van der Waals surface area (Å²) >= 11 is 1.33. The molecule has 116 valence electrons. The number of rotatable bonds is 6. The minimum absolute atomic E-state index is 0.282. The van der Waals surface area contributed by atoms with Crippen LogP contribution in [0.25, 0.3) is 11.4 Å². The molecule has 0 radical (unpaired) electrons. The summed E-state index contributed by atoms with van der Waals surface area (Å²) in [6.07, 6.45) is 1.79. The van der Waals surface area contributed by atoms with Gasteiger partial charge in [-0.3, -0.25) is 9.36 Å². The first-order valence-electron chi connectivity index (χ1n) is 6.92. The molecule has 0 fully saturated rings. The molecule has 1 aromatic heterocycles. The molecule has 2 rings (SSSR count). The highest BCUT2D eigenvalue weighted by molar-refractivity contribution is 8.00. The molecule has 1 atom stereocenters. The second-order valence-corrected chi connectivity index (χ2v) is 6.17. The lowest BCUT2D eigenvalue weighted by atomic mass is 10.1. The number of ether oxygens (including phenoxy) is 1. The number of methoxy groups -OCH3 is 1. The summed E-state index contributed by atoms with van der Waals surface area (Å²) in [6.45, 7) is 8.18. The Morgan fingerprint density at radius 2 is 2.27 bits per heavy atom. The van der Waals surface area contributed by atoms with Crippen LogP contribution in [0.3, 0.4) is 0 Å². The number of carbonyl (C=O) groups is 1. The Kier molecular flexibility index (Phi) is 5.38. The summed E-state index contributed by atoms with van der Waals surface area (Å²) in [6, 6.07) is 8.07. The number of aromatic nitrogens is 3. The van der Waals surface area contributed by atoms with Crippen LogP contribution in [0, 0.1) is 6.92 Å². The second kappa shape index (κ2) is 7.26. The third-order valence-electron chi connectivity index (χ3n) is 3.12. The molecule has 1 heterocycles. The highest BCUT2D eigenvalue weighted by atomic mass is 32.2. The number of benzene rings is 1. The number of allylic oxidation sites excluding steroid dienone is 1. The van der Waals surface area contributed by atoms with Crippen molar-refractivity contribution >= 4 is 17.7 Å². The van der Waals surface area contributed by atoms with Crippen LogP contribution in [-0.2, 0) is 16.1 Å². The van der Waals surface area contributed by atoms with Crippen LogP contribution in [0.4, 0.5) is 0 Å². The van der Waals surface area contributed by atoms with E-state index in [-0.39, 0.29) is 11.2 Å². The number of nitrogens with zero attached hydrogens (tertiary/aromatic N) is 3. The standard InChI is InChI=1S/C16H19N3O2S/c1-5-9-19-14(13-8-6-7-11(2)10-13)17-18-16(19)22-12(3)15(20)21-4/h5-8,10,12H,1,9H2,2-4H3. The van der Waals surface area contributed by atoms with E-state index in [4.69, 9.17) is 4.74 Å². The highest BCUT2D eigenvalue weighted by Crippen LogP contribution is 2.27. The number of thioether (sulfide) groups is 1. The lowest BCUT2D eigenvalue weighted by Gasteiger charge is -2.11. The van der Waals surface area contributed by atoms with E-state index in [9.17, 15) is 4.79 Å². The first-order valence-corrected chi connectivity index (χ1v) is 7.80. The molecule has 2 aromatic rings. The molecule has 0 aliphatic rings. The third kappa shape index (κ3) is 3.57. The van der Waals surface area contributed by atoms with Crippen LogP contribution in [0.15, 0.2) is 42.1 Å². The molecular weight excluding hydrogens is 298 g/mol. The molecule has 0 saturated heterocycles. The van der Waals surface area contributed by atoms with Gasteiger partial charge < -0.3 is 4.74 Å². The van der Waals surface area contributed by atoms with Crippen LogP contribution < -0.4 is 0 Å². The van der Waals surface area contributed by atoms with Gasteiger partial charge >= 0.3 is 5.97 Å². The van der Waals surface area contributed by atoms with Gasteiger partial charge in [-0.2, -0.15) is 0 Å². The normalized spacial score (nSPS) is 12.0. The predicted octanol–water partition coefficient (Wildman–Crippen LogP) is 3.09. The molecular formula is C16H19N3O2S. The number of aryl methyl sites for hydroxylation is 1. The van der Waals surface area contributed by atoms with E-state index in [0.29, 0.717) is 11.7 Å². The Labute approximate surface area is 134 Å². The Morgan fingerprint density at radius 3 is 2.91 bits per heavy atom. The molecule has 0 amide bonds. The van der Waals surface area contributed by atoms with Crippen molar-refractivity contribution in [1.29, 1.82) is 0 Å². The zero-order valence-corrected chi connectivity index (χ0v) is 13.8. The van der Waals surface area contributed by atoms with E-state index in [2.05, 4.69) is 22.8 Å². The van der Waals surface area contributed by atoms with Crippen LogP contribution in [0.1, 0.15) is 12.5 Å². The molecule has 5 nitrogen and oxygen atoms in total. The minimum atomic E-state index is -0.344. The summed E-state index contributed by atoms with van der Waals surface area (Å²) in [5, 5.41) is 8.83. The zero-order chi connectivity index (χ0) is 16.1. The second-order valence-electron chi connectivity index (χ2n) is 4.86. The zero-order valence-electron chi connectivity index (χ0n) is 12.9. The van der Waals surface area contributed by atoms with Crippen molar-refractivity contribution in [2.24, 2.45) is 0 Å². The highest BCUT2D eigenvalue weighted by Gasteiger charge is 2.20. The van der Waals surface area contributed by atoms with E-state index in [1.54, 1.807) is 13.0 Å². The fourth-order valence-electron chi connectivity index (χ4n) is 2.04. The molecule has 1 aromatic carbocycles. The maximum atomic E-state index is 11.6. The van der Waals surface area contributed by atoms with Gasteiger partial charge in [0, 0.05) is 12.1 Å². The molecule has 0 N–H and O–H groups in total. The first kappa shape index (κ1) is 16.3. The molecule has 1 unspecified atom stereocenters. The molecule has 0 aliphatic heterocycles. The van der Waals surface area contributed by atoms with Gasteiger partial charge in [0.25, 0.3) is 0 Å². The van der Waals surface area contributed by atoms with Crippen molar-refractivity contribution in [3.8, 4) is 11.4 Å². The molecule has 6 heteroatoms. The largest absolute Gasteiger partial charge is 0.468 e. The quantitative estimate of drug-likeness (QED) is 0.465. The summed E-state index contributed by atoms with van der Waals surface area (Å²) in [5.74, 6) is 0.485. The van der Waals surface area contributed by atoms with E-state index >= 15 is 0 Å². The van der Waals surface area contributed by atoms with Crippen LogP contribution >= 0.6 is 11.8 Å². The third-order valence-corrected chi connectivity index (χ3v) is 4.18. The SMILES string of the molecule is C=CCn1c(SC(C)C(=O)OC)nnc1-c1cccc(C)c1. The van der Waals surface area contributed by atoms with E-state index in [1.807, 2.05) is 29.7 Å². The number of carbonyl (C=O) groups excluding carboxylic acids is 1. The summed E-state index contributed by atoms with van der Waals surface area (Å²) in [7, 11) is 1.38.